The number of aliphatic hydroxyl groups is 2. The molecule has 14 nitrogen and oxygen atoms in total. The van der Waals surface area contributed by atoms with Crippen molar-refractivity contribution in [1.82, 2.24) is 0 Å². The Morgan fingerprint density at radius 2 is 0.875 bits per heavy atom. The summed E-state index contributed by atoms with van der Waals surface area (Å²) in [4.78, 5) is 0. The van der Waals surface area contributed by atoms with Crippen LogP contribution < -0.4 is 11.7 Å². The molecule has 56 heavy (non-hydrogen) atoms. The van der Waals surface area contributed by atoms with Crippen LogP contribution in [0.2, 0.25) is 0 Å². The van der Waals surface area contributed by atoms with Gasteiger partial charge in [0, 0.05) is 11.1 Å². The minimum atomic E-state index is -5.23. The molecule has 0 radical (unpaired) electrons. The Morgan fingerprint density at radius 3 is 1.12 bits per heavy atom. The van der Waals surface area contributed by atoms with Gasteiger partial charge in [-0.3, -0.25) is 19.9 Å². The number of rotatable bonds is 9. The third-order valence-corrected chi connectivity index (χ3v) is 14.2. The van der Waals surface area contributed by atoms with E-state index in [0.717, 1.165) is 0 Å². The monoisotopic (exact) mass is 800 g/mol. The Balaban J connectivity index is 1.70. The lowest BCUT2D eigenvalue weighted by atomic mass is 9.70. The van der Waals surface area contributed by atoms with Crippen molar-refractivity contribution in [3.63, 3.8) is 0 Å². The Kier molecular flexibility index (Phi) is 10.5. The van der Waals surface area contributed by atoms with Crippen LogP contribution in [0.4, 0.5) is 0 Å². The summed E-state index contributed by atoms with van der Waals surface area (Å²) in [5, 5.41) is 48.5. The van der Waals surface area contributed by atoms with Gasteiger partial charge >= 0.3 is 0 Å². The number of hydrogen-bond donors (Lipinski definition) is 8. The van der Waals surface area contributed by atoms with Gasteiger partial charge in [0.05, 0.1) is 11.4 Å². The van der Waals surface area contributed by atoms with E-state index in [1.807, 2.05) is 0 Å². The second kappa shape index (κ2) is 14.4. The van der Waals surface area contributed by atoms with E-state index in [1.54, 1.807) is 76.2 Å². The summed E-state index contributed by atoms with van der Waals surface area (Å²) in [5.74, 6) is 11.3. The highest BCUT2D eigenvalue weighted by atomic mass is 32.2. The van der Waals surface area contributed by atoms with E-state index in [0.29, 0.717) is 33.4 Å². The van der Waals surface area contributed by atoms with Crippen LogP contribution in [0.5, 0.6) is 0 Å². The molecule has 0 fully saturated rings. The molecular formula is C40H44N6O8S2. The third-order valence-electron chi connectivity index (χ3n) is 11.3. The predicted octanol–water partition coefficient (Wildman–Crippen LogP) is 3.98. The molecule has 294 valence electrons. The summed E-state index contributed by atoms with van der Waals surface area (Å²) in [6, 6.07) is 19.2. The SMILES string of the molecule is CCc1cc(-c2cc(CC)c(C3(S(=O)(=O)O)c4ccccc4C(=N)/C(=N\N)C3O)c(CC)c2)cc(CC)c1C1(S(=O)(=O)O)c2ccccc2C(=N)/C(=N/N)C1O. The Hall–Kier alpha value is -5.10. The highest BCUT2D eigenvalue weighted by Gasteiger charge is 2.62. The van der Waals surface area contributed by atoms with Crippen LogP contribution in [0.1, 0.15) is 83.3 Å². The van der Waals surface area contributed by atoms with E-state index in [9.17, 15) is 36.2 Å². The number of nitrogens with two attached hydrogens (primary N) is 2. The average Bonchev–Trinajstić information content (AvgIpc) is 3.17. The third kappa shape index (κ3) is 5.49. The first-order chi connectivity index (χ1) is 26.5. The molecule has 0 saturated heterocycles. The van der Waals surface area contributed by atoms with Gasteiger partial charge in [0.15, 0.2) is 9.49 Å². The highest BCUT2D eigenvalue weighted by molar-refractivity contribution is 7.87. The first-order valence-electron chi connectivity index (χ1n) is 18.0. The molecule has 10 N–H and O–H groups in total. The van der Waals surface area contributed by atoms with Crippen LogP contribution in [0.3, 0.4) is 0 Å². The van der Waals surface area contributed by atoms with E-state index in [2.05, 4.69) is 10.2 Å². The summed E-state index contributed by atoms with van der Waals surface area (Å²) in [6.45, 7) is 7.19. The lowest BCUT2D eigenvalue weighted by Crippen LogP contribution is -2.57. The molecule has 0 aliphatic heterocycles. The molecular weight excluding hydrogens is 757 g/mol. The summed E-state index contributed by atoms with van der Waals surface area (Å²) in [6.07, 6.45) is -3.19. The molecule has 4 aromatic rings. The van der Waals surface area contributed by atoms with Crippen molar-refractivity contribution < 1.29 is 36.2 Å². The lowest BCUT2D eigenvalue weighted by molar-refractivity contribution is 0.195. The van der Waals surface area contributed by atoms with E-state index in [-0.39, 0.29) is 70.5 Å². The summed E-state index contributed by atoms with van der Waals surface area (Å²) < 4.78 is 73.0. The van der Waals surface area contributed by atoms with Crippen molar-refractivity contribution in [3.8, 4) is 11.1 Å². The number of fused-ring (bicyclic) bond motifs is 2. The molecule has 0 amide bonds. The maximum atomic E-state index is 13.9. The summed E-state index contributed by atoms with van der Waals surface area (Å²) in [7, 11) is -10.5. The molecule has 0 heterocycles. The van der Waals surface area contributed by atoms with Gasteiger partial charge in [0.25, 0.3) is 20.2 Å². The number of benzene rings is 4. The van der Waals surface area contributed by atoms with Gasteiger partial charge in [0.1, 0.15) is 23.6 Å². The maximum Gasteiger partial charge on any atom is 0.282 e. The number of aliphatic hydroxyl groups excluding tert-OH is 2. The van der Waals surface area contributed by atoms with Crippen molar-refractivity contribution in [2.24, 2.45) is 21.9 Å². The van der Waals surface area contributed by atoms with Crippen LogP contribution in [0.25, 0.3) is 11.1 Å². The van der Waals surface area contributed by atoms with Crippen LogP contribution in [-0.2, 0) is 55.4 Å². The highest BCUT2D eigenvalue weighted by Crippen LogP contribution is 2.51. The second-order valence-electron chi connectivity index (χ2n) is 13.8. The zero-order valence-corrected chi connectivity index (χ0v) is 32.8. The van der Waals surface area contributed by atoms with Crippen LogP contribution in [-0.4, -0.2) is 71.2 Å². The smallest absolute Gasteiger partial charge is 0.282 e. The minimum absolute atomic E-state index is 0.00857. The van der Waals surface area contributed by atoms with Crippen molar-refractivity contribution in [2.45, 2.75) is 75.1 Å². The largest absolute Gasteiger partial charge is 0.384 e. The molecule has 4 unspecified atom stereocenters. The van der Waals surface area contributed by atoms with E-state index >= 15 is 0 Å². The minimum Gasteiger partial charge on any atom is -0.384 e. The van der Waals surface area contributed by atoms with Crippen molar-refractivity contribution >= 4 is 43.1 Å². The molecule has 2 aliphatic rings. The van der Waals surface area contributed by atoms with Gasteiger partial charge < -0.3 is 21.9 Å². The lowest BCUT2D eigenvalue weighted by Gasteiger charge is -2.43. The van der Waals surface area contributed by atoms with Gasteiger partial charge in [-0.2, -0.15) is 27.0 Å². The summed E-state index contributed by atoms with van der Waals surface area (Å²) in [5.41, 5.74) is 2.07. The molecule has 0 spiro atoms. The van der Waals surface area contributed by atoms with Gasteiger partial charge in [0.2, 0.25) is 0 Å². The van der Waals surface area contributed by atoms with Gasteiger partial charge in [-0.05, 0) is 81.3 Å². The van der Waals surface area contributed by atoms with Crippen molar-refractivity contribution in [1.29, 1.82) is 10.8 Å². The van der Waals surface area contributed by atoms with Gasteiger partial charge in [-0.25, -0.2) is 0 Å². The topological polar surface area (TPSA) is 274 Å². The number of nitrogens with one attached hydrogen (secondary N) is 2. The zero-order valence-electron chi connectivity index (χ0n) is 31.2. The van der Waals surface area contributed by atoms with Gasteiger partial charge in [-0.15, -0.1) is 0 Å². The Labute approximate surface area is 325 Å². The van der Waals surface area contributed by atoms with Gasteiger partial charge in [-0.1, -0.05) is 100 Å². The fourth-order valence-electron chi connectivity index (χ4n) is 8.85. The molecule has 4 aromatic carbocycles. The molecule has 6 rings (SSSR count). The first kappa shape index (κ1) is 40.6. The maximum absolute atomic E-state index is 13.9. The van der Waals surface area contributed by atoms with Crippen molar-refractivity contribution in [2.75, 3.05) is 0 Å². The molecule has 16 heteroatoms. The molecule has 0 bridgehead atoms. The van der Waals surface area contributed by atoms with Crippen LogP contribution in [0, 0.1) is 10.8 Å². The predicted molar refractivity (Wildman–Crippen MR) is 216 cm³/mol. The fourth-order valence-corrected chi connectivity index (χ4v) is 11.6. The Bertz CT molecular complexity index is 2380. The molecule has 4 atom stereocenters. The van der Waals surface area contributed by atoms with Crippen LogP contribution >= 0.6 is 0 Å². The molecule has 2 aliphatic carbocycles. The standard InChI is InChI=1S/C40H44N6O8S2/c1-5-21-17-25(18-22(6-2)31(21)39(55(49,50)51)29-15-11-9-13-27(29)33(41)35(45-43)37(39)47)26-19-23(7-3)32(24(8-4)20-26)40(56(52,53)54)30-16-12-10-14-28(30)34(42)36(46-44)38(40)48/h9-20,37-38,41-42,47-48H,5-8,43-44H2,1-4H3,(H,49,50,51)(H,52,53,54)/b41-33?,42-34?,45-35-,46-36+. The van der Waals surface area contributed by atoms with Crippen LogP contribution in [0.15, 0.2) is 83.0 Å². The molecule has 0 aromatic heterocycles. The second-order valence-corrected chi connectivity index (χ2v) is 17.0. The summed E-state index contributed by atoms with van der Waals surface area (Å²) >= 11 is 0. The van der Waals surface area contributed by atoms with E-state index in [1.165, 1.54) is 24.3 Å². The van der Waals surface area contributed by atoms with Crippen molar-refractivity contribution in [3.05, 3.63) is 128 Å². The average molecular weight is 801 g/mol. The number of hydrogen-bond acceptors (Lipinski definition) is 12. The number of nitrogens with zero attached hydrogens (tertiary/aromatic N) is 2. The first-order valence-corrected chi connectivity index (χ1v) is 20.9. The number of hydrazone groups is 2. The van der Waals surface area contributed by atoms with E-state index < -0.39 is 53.4 Å². The normalized spacial score (nSPS) is 24.0. The fraction of sp³-hybridized carbons (Fsp3) is 0.300. The van der Waals surface area contributed by atoms with E-state index in [4.69, 9.17) is 22.5 Å². The Morgan fingerprint density at radius 1 is 0.589 bits per heavy atom. The number of aryl methyl sites for hydroxylation is 4. The quantitative estimate of drug-likeness (QED) is 0.0685. The molecule has 0 saturated carbocycles. The zero-order chi connectivity index (χ0) is 41.1.